The van der Waals surface area contributed by atoms with Crippen LogP contribution in [0.3, 0.4) is 0 Å². The van der Waals surface area contributed by atoms with Gasteiger partial charge in [-0.15, -0.1) is 0 Å². The first-order valence-corrected chi connectivity index (χ1v) is 12.0. The van der Waals surface area contributed by atoms with Gasteiger partial charge < -0.3 is 15.0 Å². The Balaban J connectivity index is 1.25. The summed E-state index contributed by atoms with van der Waals surface area (Å²) in [6.07, 6.45) is 0.284. The fourth-order valence-corrected chi connectivity index (χ4v) is 5.04. The van der Waals surface area contributed by atoms with Crippen LogP contribution < -0.4 is 10.2 Å². The minimum atomic E-state index is -0.0785. The van der Waals surface area contributed by atoms with Crippen LogP contribution in [0.25, 0.3) is 21.6 Å². The van der Waals surface area contributed by atoms with Crippen molar-refractivity contribution in [3.63, 3.8) is 0 Å². The van der Waals surface area contributed by atoms with Gasteiger partial charge in [0.25, 0.3) is 0 Å². The van der Waals surface area contributed by atoms with Crippen LogP contribution in [0, 0.1) is 11.7 Å². The number of H-pyrrole nitrogens is 1. The predicted molar refractivity (Wildman–Crippen MR) is 133 cm³/mol. The van der Waals surface area contributed by atoms with Gasteiger partial charge in [0.2, 0.25) is 5.91 Å². The number of carbonyl (C=O) groups excluding carboxylic acids is 1. The van der Waals surface area contributed by atoms with Gasteiger partial charge in [-0.3, -0.25) is 14.5 Å². The zero-order valence-corrected chi connectivity index (χ0v) is 19.8. The molecule has 10 heteroatoms. The van der Waals surface area contributed by atoms with Gasteiger partial charge in [0, 0.05) is 37.3 Å². The van der Waals surface area contributed by atoms with E-state index in [2.05, 4.69) is 20.4 Å². The first-order chi connectivity index (χ1) is 16.1. The number of hydrogen-bond donors (Lipinski definition) is 2. The number of nitrogens with one attached hydrogen (secondary N) is 2. The number of benzene rings is 2. The molecule has 4 aromatic rings. The number of anilines is 2. The number of fused-ring (bicyclic) bond motifs is 1. The molecule has 2 N–H and O–H groups in total. The Hall–Kier alpha value is -3.08. The third kappa shape index (κ3) is 4.82. The smallest absolute Gasteiger partial charge is 0.226 e. The molecule has 170 valence electrons. The second-order valence-corrected chi connectivity index (χ2v) is 9.34. The lowest BCUT2D eigenvalue weighted by Crippen LogP contribution is -2.36. The van der Waals surface area contributed by atoms with Crippen molar-refractivity contribution in [2.75, 3.05) is 36.5 Å². The van der Waals surface area contributed by atoms with E-state index < -0.39 is 0 Å². The molecule has 1 aliphatic rings. The van der Waals surface area contributed by atoms with E-state index in [4.69, 9.17) is 21.9 Å². The zero-order chi connectivity index (χ0) is 22.8. The summed E-state index contributed by atoms with van der Waals surface area (Å²) in [5.74, 6) is 0.653. The highest BCUT2D eigenvalue weighted by Gasteiger charge is 2.16. The highest BCUT2D eigenvalue weighted by Crippen LogP contribution is 2.31. The summed E-state index contributed by atoms with van der Waals surface area (Å²) in [7, 11) is 0. The van der Waals surface area contributed by atoms with E-state index in [-0.39, 0.29) is 12.3 Å². The maximum absolute atomic E-state index is 12.7. The van der Waals surface area contributed by atoms with E-state index in [1.165, 1.54) is 5.56 Å². The van der Waals surface area contributed by atoms with Crippen LogP contribution in [-0.2, 0) is 16.1 Å². The number of aromatic amines is 1. The van der Waals surface area contributed by atoms with Crippen molar-refractivity contribution < 1.29 is 9.53 Å². The number of amides is 1. The lowest BCUT2D eigenvalue weighted by atomic mass is 10.1. The molecule has 1 fully saturated rings. The average molecular weight is 481 g/mol. The average Bonchev–Trinajstić information content (AvgIpc) is 3.42. The first kappa shape index (κ1) is 21.7. The molecule has 8 nitrogen and oxygen atoms in total. The van der Waals surface area contributed by atoms with Crippen molar-refractivity contribution in [1.29, 1.82) is 0 Å². The first-order valence-electron chi connectivity index (χ1n) is 10.8. The maximum atomic E-state index is 12.7. The Morgan fingerprint density at radius 2 is 2.00 bits per heavy atom. The van der Waals surface area contributed by atoms with Crippen molar-refractivity contribution in [3.8, 4) is 11.4 Å². The molecule has 0 saturated carbocycles. The molecule has 1 amide bonds. The normalized spacial score (nSPS) is 14.0. The second-order valence-electron chi connectivity index (χ2n) is 7.95. The fourth-order valence-electron chi connectivity index (χ4n) is 3.77. The second kappa shape index (κ2) is 9.42. The molecule has 0 bridgehead atoms. The Kier molecular flexibility index (Phi) is 6.21. The van der Waals surface area contributed by atoms with Gasteiger partial charge in [-0.05, 0) is 37.3 Å². The third-order valence-electron chi connectivity index (χ3n) is 5.57. The van der Waals surface area contributed by atoms with E-state index >= 15 is 0 Å². The molecule has 1 saturated heterocycles. The lowest BCUT2D eigenvalue weighted by molar-refractivity contribution is -0.116. The monoisotopic (exact) mass is 480 g/mol. The maximum Gasteiger partial charge on any atom is 0.226 e. The summed E-state index contributed by atoms with van der Waals surface area (Å²) in [4.78, 5) is 19.7. The summed E-state index contributed by atoms with van der Waals surface area (Å²) in [5, 5.41) is 11.2. The van der Waals surface area contributed by atoms with E-state index in [9.17, 15) is 4.79 Å². The lowest BCUT2D eigenvalue weighted by Gasteiger charge is -2.25. The Labute approximate surface area is 200 Å². The van der Waals surface area contributed by atoms with Crippen LogP contribution in [0.5, 0.6) is 0 Å². The number of morpholine rings is 1. The van der Waals surface area contributed by atoms with Crippen molar-refractivity contribution >= 4 is 50.5 Å². The molecule has 0 radical (unpaired) electrons. The van der Waals surface area contributed by atoms with Crippen LogP contribution in [0.4, 0.5) is 10.8 Å². The number of aromatic nitrogens is 4. The largest absolute Gasteiger partial charge is 0.378 e. The van der Waals surface area contributed by atoms with Gasteiger partial charge >= 0.3 is 0 Å². The highest BCUT2D eigenvalue weighted by molar-refractivity contribution is 7.71. The predicted octanol–water partition coefficient (Wildman–Crippen LogP) is 4.39. The zero-order valence-electron chi connectivity index (χ0n) is 18.2. The van der Waals surface area contributed by atoms with Crippen molar-refractivity contribution in [2.24, 2.45) is 0 Å². The van der Waals surface area contributed by atoms with Gasteiger partial charge in [0.1, 0.15) is 0 Å². The van der Waals surface area contributed by atoms with Crippen LogP contribution >= 0.6 is 23.6 Å². The van der Waals surface area contributed by atoms with Gasteiger partial charge in [-0.1, -0.05) is 41.2 Å². The molecular formula is C23H24N6O2S2. The Morgan fingerprint density at radius 3 is 2.79 bits per heavy atom. The molecule has 33 heavy (non-hydrogen) atoms. The summed E-state index contributed by atoms with van der Waals surface area (Å²) >= 11 is 7.02. The number of nitrogens with zero attached hydrogens (tertiary/aromatic N) is 4. The molecule has 0 atom stereocenters. The molecule has 3 heterocycles. The molecule has 0 spiro atoms. The van der Waals surface area contributed by atoms with Gasteiger partial charge in [-0.2, -0.15) is 5.10 Å². The number of rotatable bonds is 6. The summed E-state index contributed by atoms with van der Waals surface area (Å²) in [6.45, 7) is 5.63. The van der Waals surface area contributed by atoms with E-state index in [0.717, 1.165) is 58.7 Å². The van der Waals surface area contributed by atoms with Crippen molar-refractivity contribution in [2.45, 2.75) is 19.9 Å². The van der Waals surface area contributed by atoms with Crippen molar-refractivity contribution in [1.82, 2.24) is 19.7 Å². The minimum absolute atomic E-state index is 0.0785. The molecular weight excluding hydrogens is 456 g/mol. The number of carbonyl (C=O) groups is 1. The minimum Gasteiger partial charge on any atom is -0.378 e. The van der Waals surface area contributed by atoms with Crippen LogP contribution in [0.15, 0.2) is 42.5 Å². The Morgan fingerprint density at radius 1 is 1.21 bits per heavy atom. The van der Waals surface area contributed by atoms with Gasteiger partial charge in [0.15, 0.2) is 15.7 Å². The van der Waals surface area contributed by atoms with Crippen LogP contribution in [0.2, 0.25) is 0 Å². The molecule has 1 aliphatic heterocycles. The Bertz CT molecular complexity index is 1340. The SMILES string of the molecule is Cc1ccc(-c2n[nH]c(=S)n2CCC(=O)Nc2ccc3nc(N4CCOCC4)sc3c2)cc1. The fraction of sp³-hybridized carbons (Fsp3) is 0.304. The molecule has 2 aromatic carbocycles. The van der Waals surface area contributed by atoms with Gasteiger partial charge in [0.05, 0.1) is 23.4 Å². The van der Waals surface area contributed by atoms with E-state index in [0.29, 0.717) is 11.3 Å². The summed E-state index contributed by atoms with van der Waals surface area (Å²) in [6, 6.07) is 13.9. The van der Waals surface area contributed by atoms with Crippen molar-refractivity contribution in [3.05, 3.63) is 52.8 Å². The van der Waals surface area contributed by atoms with Gasteiger partial charge in [-0.25, -0.2) is 4.98 Å². The molecule has 0 aliphatic carbocycles. The quantitative estimate of drug-likeness (QED) is 0.398. The summed E-state index contributed by atoms with van der Waals surface area (Å²) in [5.41, 5.74) is 3.83. The molecule has 5 rings (SSSR count). The number of hydrogen-bond acceptors (Lipinski definition) is 7. The van der Waals surface area contributed by atoms with Crippen LogP contribution in [-0.4, -0.2) is 52.0 Å². The van der Waals surface area contributed by atoms with E-state index in [1.54, 1.807) is 11.3 Å². The third-order valence-corrected chi connectivity index (χ3v) is 6.96. The number of aryl methyl sites for hydroxylation is 1. The standard InChI is InChI=1S/C23H24N6O2S2/c1-15-2-4-16(5-3-15)21-26-27-22(32)29(21)9-8-20(30)24-17-6-7-18-19(14-17)33-23(25-18)28-10-12-31-13-11-28/h2-7,14H,8-13H2,1H3,(H,24,30)(H,27,32). The molecule has 2 aromatic heterocycles. The topological polar surface area (TPSA) is 88.1 Å². The van der Waals surface area contributed by atoms with E-state index in [1.807, 2.05) is 54.0 Å². The van der Waals surface area contributed by atoms with Crippen LogP contribution in [0.1, 0.15) is 12.0 Å². The highest BCUT2D eigenvalue weighted by atomic mass is 32.1. The number of ether oxygens (including phenoxy) is 1. The molecule has 0 unspecified atom stereocenters. The number of thiazole rings is 1. The summed E-state index contributed by atoms with van der Waals surface area (Å²) < 4.78 is 8.84.